The number of ether oxygens (including phenoxy) is 2. The monoisotopic (exact) mass is 440 g/mol. The number of nitriles is 1. The van der Waals surface area contributed by atoms with Crippen molar-refractivity contribution in [2.45, 2.75) is 30.8 Å². The molecule has 1 aliphatic rings. The van der Waals surface area contributed by atoms with Gasteiger partial charge in [-0.05, 0) is 29.7 Å². The third-order valence-electron chi connectivity index (χ3n) is 6.28. The summed E-state index contributed by atoms with van der Waals surface area (Å²) in [7, 11) is 1.63. The van der Waals surface area contributed by atoms with Gasteiger partial charge in [-0.2, -0.15) is 5.26 Å². The Labute approximate surface area is 195 Å². The standard InChI is InChI=1S/C28H28N2O3/c1-32-24-13-8-14-25(19-24)33-26-16-18-30(20-26)27(31)15-17-28(21-29,22-9-4-2-5-10-22)23-11-6-3-7-12-23/h2-14,19,26H,15-18,20H2,1H3/t26-/m0/s1. The Kier molecular flexibility index (Phi) is 6.95. The van der Waals surface area contributed by atoms with Crippen molar-refractivity contribution >= 4 is 5.91 Å². The number of nitrogens with zero attached hydrogens (tertiary/aromatic N) is 2. The molecule has 0 unspecified atom stereocenters. The quantitative estimate of drug-likeness (QED) is 0.496. The molecule has 5 nitrogen and oxygen atoms in total. The second kappa shape index (κ2) is 10.2. The normalized spacial score (nSPS) is 15.6. The largest absolute Gasteiger partial charge is 0.497 e. The van der Waals surface area contributed by atoms with Gasteiger partial charge in [-0.15, -0.1) is 0 Å². The number of amides is 1. The molecular weight excluding hydrogens is 412 g/mol. The molecule has 33 heavy (non-hydrogen) atoms. The number of methoxy groups -OCH3 is 1. The van der Waals surface area contributed by atoms with Crippen LogP contribution in [0.1, 0.15) is 30.4 Å². The molecule has 3 aromatic carbocycles. The van der Waals surface area contributed by atoms with Crippen LogP contribution < -0.4 is 9.47 Å². The van der Waals surface area contributed by atoms with E-state index >= 15 is 0 Å². The summed E-state index contributed by atoms with van der Waals surface area (Å²) in [5, 5.41) is 10.3. The van der Waals surface area contributed by atoms with E-state index in [1.165, 1.54) is 0 Å². The van der Waals surface area contributed by atoms with Gasteiger partial charge in [0.15, 0.2) is 0 Å². The summed E-state index contributed by atoms with van der Waals surface area (Å²) in [6, 6.07) is 29.5. The summed E-state index contributed by atoms with van der Waals surface area (Å²) < 4.78 is 11.3. The Morgan fingerprint density at radius 1 is 1.00 bits per heavy atom. The Balaban J connectivity index is 1.43. The summed E-state index contributed by atoms with van der Waals surface area (Å²) in [6.07, 6.45) is 1.45. The molecule has 1 amide bonds. The molecule has 1 heterocycles. The van der Waals surface area contributed by atoms with Crippen LogP contribution in [0.25, 0.3) is 0 Å². The van der Waals surface area contributed by atoms with Crippen molar-refractivity contribution in [3.63, 3.8) is 0 Å². The maximum absolute atomic E-state index is 13.1. The van der Waals surface area contributed by atoms with Gasteiger partial charge in [-0.1, -0.05) is 66.7 Å². The van der Waals surface area contributed by atoms with E-state index in [4.69, 9.17) is 9.47 Å². The Morgan fingerprint density at radius 2 is 1.64 bits per heavy atom. The predicted molar refractivity (Wildman–Crippen MR) is 127 cm³/mol. The van der Waals surface area contributed by atoms with Gasteiger partial charge in [-0.3, -0.25) is 4.79 Å². The van der Waals surface area contributed by atoms with Crippen molar-refractivity contribution in [2.24, 2.45) is 0 Å². The molecule has 4 rings (SSSR count). The molecule has 0 bridgehead atoms. The second-order valence-electron chi connectivity index (χ2n) is 8.30. The van der Waals surface area contributed by atoms with E-state index in [0.717, 1.165) is 29.0 Å². The number of likely N-dealkylation sites (tertiary alicyclic amines) is 1. The van der Waals surface area contributed by atoms with E-state index in [1.54, 1.807) is 7.11 Å². The fourth-order valence-corrected chi connectivity index (χ4v) is 4.46. The van der Waals surface area contributed by atoms with E-state index in [9.17, 15) is 10.1 Å². The van der Waals surface area contributed by atoms with Gasteiger partial charge in [0.05, 0.1) is 19.7 Å². The van der Waals surface area contributed by atoms with Crippen molar-refractivity contribution < 1.29 is 14.3 Å². The van der Waals surface area contributed by atoms with Gasteiger partial charge in [0.1, 0.15) is 23.0 Å². The predicted octanol–water partition coefficient (Wildman–Crippen LogP) is 4.96. The summed E-state index contributed by atoms with van der Waals surface area (Å²) in [5.74, 6) is 1.54. The minimum atomic E-state index is -0.867. The van der Waals surface area contributed by atoms with E-state index in [1.807, 2.05) is 89.8 Å². The zero-order chi connectivity index (χ0) is 23.1. The minimum absolute atomic E-state index is 0.0509. The van der Waals surface area contributed by atoms with E-state index in [0.29, 0.717) is 25.9 Å². The third kappa shape index (κ3) is 5.01. The van der Waals surface area contributed by atoms with Gasteiger partial charge >= 0.3 is 0 Å². The zero-order valence-corrected chi connectivity index (χ0v) is 18.8. The Hall–Kier alpha value is -3.78. The highest BCUT2D eigenvalue weighted by Gasteiger charge is 2.36. The summed E-state index contributed by atoms with van der Waals surface area (Å²) in [5.41, 5.74) is 0.952. The molecule has 0 N–H and O–H groups in total. The first-order chi connectivity index (χ1) is 16.1. The van der Waals surface area contributed by atoms with Crippen molar-refractivity contribution in [3.05, 3.63) is 96.1 Å². The van der Waals surface area contributed by atoms with Crippen LogP contribution in [0.15, 0.2) is 84.9 Å². The lowest BCUT2D eigenvalue weighted by Gasteiger charge is -2.28. The van der Waals surface area contributed by atoms with E-state index in [-0.39, 0.29) is 12.0 Å². The van der Waals surface area contributed by atoms with Crippen LogP contribution >= 0.6 is 0 Å². The lowest BCUT2D eigenvalue weighted by atomic mass is 9.72. The number of rotatable bonds is 8. The molecule has 1 saturated heterocycles. The van der Waals surface area contributed by atoms with Gasteiger partial charge in [0, 0.05) is 25.5 Å². The SMILES string of the molecule is COc1cccc(O[C@H]2CCN(C(=O)CCC(C#N)(c3ccccc3)c3ccccc3)C2)c1. The molecule has 168 valence electrons. The fraction of sp³-hybridized carbons (Fsp3) is 0.286. The van der Waals surface area contributed by atoms with Crippen molar-refractivity contribution in [3.8, 4) is 17.6 Å². The highest BCUT2D eigenvalue weighted by atomic mass is 16.5. The highest BCUT2D eigenvalue weighted by molar-refractivity contribution is 5.77. The minimum Gasteiger partial charge on any atom is -0.497 e. The summed E-state index contributed by atoms with van der Waals surface area (Å²) >= 11 is 0. The smallest absolute Gasteiger partial charge is 0.222 e. The molecule has 1 atom stereocenters. The molecule has 1 fully saturated rings. The maximum atomic E-state index is 13.1. The molecule has 0 aliphatic carbocycles. The Morgan fingerprint density at radius 3 is 2.24 bits per heavy atom. The third-order valence-corrected chi connectivity index (χ3v) is 6.28. The lowest BCUT2D eigenvalue weighted by molar-refractivity contribution is -0.130. The molecule has 3 aromatic rings. The van der Waals surface area contributed by atoms with Gasteiger partial charge in [-0.25, -0.2) is 0 Å². The average molecular weight is 441 g/mol. The van der Waals surface area contributed by atoms with Crippen molar-refractivity contribution in [1.29, 1.82) is 5.26 Å². The second-order valence-corrected chi connectivity index (χ2v) is 8.30. The molecular formula is C28H28N2O3. The van der Waals surface area contributed by atoms with Crippen LogP contribution in [0.3, 0.4) is 0 Å². The Bertz CT molecular complexity index is 1070. The van der Waals surface area contributed by atoms with Crippen LogP contribution in [0.5, 0.6) is 11.5 Å². The highest BCUT2D eigenvalue weighted by Crippen LogP contribution is 2.36. The first-order valence-corrected chi connectivity index (χ1v) is 11.3. The molecule has 0 saturated carbocycles. The molecule has 0 spiro atoms. The molecule has 0 aromatic heterocycles. The van der Waals surface area contributed by atoms with Gasteiger partial charge in [0.25, 0.3) is 0 Å². The summed E-state index contributed by atoms with van der Waals surface area (Å²) in [6.45, 7) is 1.20. The van der Waals surface area contributed by atoms with Crippen LogP contribution in [-0.2, 0) is 10.2 Å². The van der Waals surface area contributed by atoms with Crippen molar-refractivity contribution in [2.75, 3.05) is 20.2 Å². The van der Waals surface area contributed by atoms with E-state index < -0.39 is 5.41 Å². The number of hydrogen-bond acceptors (Lipinski definition) is 4. The van der Waals surface area contributed by atoms with Crippen molar-refractivity contribution in [1.82, 2.24) is 4.90 Å². The maximum Gasteiger partial charge on any atom is 0.222 e. The number of benzene rings is 3. The number of carbonyl (C=O) groups is 1. The average Bonchev–Trinajstić information content (AvgIpc) is 3.34. The van der Waals surface area contributed by atoms with Gasteiger partial charge in [0.2, 0.25) is 5.91 Å². The number of carbonyl (C=O) groups excluding carboxylic acids is 1. The lowest BCUT2D eigenvalue weighted by Crippen LogP contribution is -2.33. The number of hydrogen-bond donors (Lipinski definition) is 0. The fourth-order valence-electron chi connectivity index (χ4n) is 4.46. The van der Waals surface area contributed by atoms with Crippen LogP contribution in [-0.4, -0.2) is 37.1 Å². The molecule has 5 heteroatoms. The van der Waals surface area contributed by atoms with Crippen LogP contribution in [0, 0.1) is 11.3 Å². The zero-order valence-electron chi connectivity index (χ0n) is 18.8. The topological polar surface area (TPSA) is 62.6 Å². The van der Waals surface area contributed by atoms with Crippen LogP contribution in [0.2, 0.25) is 0 Å². The molecule has 0 radical (unpaired) electrons. The summed E-state index contributed by atoms with van der Waals surface area (Å²) in [4.78, 5) is 15.0. The van der Waals surface area contributed by atoms with Crippen LogP contribution in [0.4, 0.5) is 0 Å². The van der Waals surface area contributed by atoms with Gasteiger partial charge < -0.3 is 14.4 Å². The first kappa shape index (κ1) is 22.4. The molecule has 1 aliphatic heterocycles. The van der Waals surface area contributed by atoms with E-state index in [2.05, 4.69) is 6.07 Å². The first-order valence-electron chi connectivity index (χ1n) is 11.3.